The van der Waals surface area contributed by atoms with E-state index in [1.807, 2.05) is 20.8 Å². The number of guanidine groups is 1. The van der Waals surface area contributed by atoms with Gasteiger partial charge in [0.15, 0.2) is 5.96 Å². The van der Waals surface area contributed by atoms with Crippen molar-refractivity contribution in [3.8, 4) is 0 Å². The Bertz CT molecular complexity index is 416. The number of carbonyl (C=O) groups is 1. The minimum absolute atomic E-state index is 0. The van der Waals surface area contributed by atoms with Crippen molar-refractivity contribution in [2.24, 2.45) is 15.8 Å². The Labute approximate surface area is 170 Å². The molecule has 148 valence electrons. The van der Waals surface area contributed by atoms with Crippen LogP contribution in [0.3, 0.4) is 0 Å². The van der Waals surface area contributed by atoms with Gasteiger partial charge >= 0.3 is 0 Å². The van der Waals surface area contributed by atoms with Crippen LogP contribution in [0.5, 0.6) is 0 Å². The van der Waals surface area contributed by atoms with Gasteiger partial charge in [0, 0.05) is 45.8 Å². The van der Waals surface area contributed by atoms with Crippen LogP contribution >= 0.6 is 24.0 Å². The lowest BCUT2D eigenvalue weighted by atomic mass is 9.83. The first-order chi connectivity index (χ1) is 11.3. The van der Waals surface area contributed by atoms with E-state index < -0.39 is 0 Å². The van der Waals surface area contributed by atoms with Gasteiger partial charge in [-0.1, -0.05) is 33.6 Å². The maximum absolute atomic E-state index is 11.8. The van der Waals surface area contributed by atoms with Crippen molar-refractivity contribution in [1.82, 2.24) is 16.0 Å². The lowest BCUT2D eigenvalue weighted by molar-refractivity contribution is -0.128. The first-order valence-corrected chi connectivity index (χ1v) is 9.05. The fraction of sp³-hybridized carbons (Fsp3) is 0.889. The van der Waals surface area contributed by atoms with Crippen LogP contribution in [-0.2, 0) is 9.53 Å². The zero-order valence-electron chi connectivity index (χ0n) is 16.5. The molecule has 0 aromatic carbocycles. The van der Waals surface area contributed by atoms with Crippen LogP contribution in [0.1, 0.15) is 52.9 Å². The molecule has 0 radical (unpaired) electrons. The van der Waals surface area contributed by atoms with E-state index in [0.717, 1.165) is 25.5 Å². The summed E-state index contributed by atoms with van der Waals surface area (Å²) in [5, 5.41) is 9.65. The number of carbonyl (C=O) groups excluding carboxylic acids is 1. The first kappa shape index (κ1) is 24.4. The zero-order chi connectivity index (χ0) is 18.1. The molecule has 0 unspecified atom stereocenters. The van der Waals surface area contributed by atoms with E-state index in [0.29, 0.717) is 18.5 Å². The number of aliphatic imine (C=N–C) groups is 1. The van der Waals surface area contributed by atoms with Crippen LogP contribution in [0, 0.1) is 10.8 Å². The summed E-state index contributed by atoms with van der Waals surface area (Å²) in [6.45, 7) is 8.72. The van der Waals surface area contributed by atoms with E-state index in [1.165, 1.54) is 25.7 Å². The topological polar surface area (TPSA) is 74.8 Å². The number of hydrogen-bond donors (Lipinski definition) is 3. The highest BCUT2D eigenvalue weighted by Gasteiger charge is 2.33. The maximum atomic E-state index is 11.8. The molecule has 3 N–H and O–H groups in total. The van der Waals surface area contributed by atoms with Gasteiger partial charge < -0.3 is 20.7 Å². The van der Waals surface area contributed by atoms with Gasteiger partial charge in [-0.2, -0.15) is 0 Å². The Kier molecular flexibility index (Phi) is 11.7. The van der Waals surface area contributed by atoms with Crippen LogP contribution in [-0.4, -0.2) is 52.3 Å². The summed E-state index contributed by atoms with van der Waals surface area (Å²) in [6, 6.07) is 0. The molecule has 0 heterocycles. The fourth-order valence-corrected chi connectivity index (χ4v) is 3.07. The monoisotopic (exact) mass is 468 g/mol. The molecule has 0 atom stereocenters. The Balaban J connectivity index is 0.00000576. The van der Waals surface area contributed by atoms with E-state index in [-0.39, 0.29) is 35.3 Å². The average molecular weight is 468 g/mol. The molecule has 1 rings (SSSR count). The van der Waals surface area contributed by atoms with Crippen LogP contribution in [0.15, 0.2) is 4.99 Å². The summed E-state index contributed by atoms with van der Waals surface area (Å²) in [4.78, 5) is 16.1. The molecule has 0 aromatic rings. The number of rotatable bonds is 8. The molecule has 1 fully saturated rings. The number of ether oxygens (including phenoxy) is 1. The number of hydrogen-bond acceptors (Lipinski definition) is 3. The summed E-state index contributed by atoms with van der Waals surface area (Å²) in [6.07, 6.45) is 6.20. The summed E-state index contributed by atoms with van der Waals surface area (Å²) < 4.78 is 5.28. The van der Waals surface area contributed by atoms with Gasteiger partial charge in [0.1, 0.15) is 0 Å². The van der Waals surface area contributed by atoms with Gasteiger partial charge in [-0.25, -0.2) is 0 Å². The fourth-order valence-electron chi connectivity index (χ4n) is 3.07. The second-order valence-electron chi connectivity index (χ2n) is 7.81. The molecule has 0 spiro atoms. The molecule has 25 heavy (non-hydrogen) atoms. The molecule has 1 aliphatic rings. The highest BCUT2D eigenvalue weighted by molar-refractivity contribution is 14.0. The molecule has 0 saturated heterocycles. The molecule has 1 amide bonds. The second kappa shape index (κ2) is 11.9. The van der Waals surface area contributed by atoms with Crippen molar-refractivity contribution in [3.05, 3.63) is 0 Å². The quantitative estimate of drug-likeness (QED) is 0.222. The predicted octanol–water partition coefficient (Wildman–Crippen LogP) is 2.53. The highest BCUT2D eigenvalue weighted by Crippen LogP contribution is 2.40. The standard InChI is InChI=1S/C18H36N4O2.HI/c1-17(2,3)15(23)20-11-12-21-16(19-4)22-14-18(10-13-24-5)8-6-7-9-18;/h6-14H2,1-5H3,(H,20,23)(H2,19,21,22);1H. The minimum Gasteiger partial charge on any atom is -0.385 e. The molecule has 0 aliphatic heterocycles. The van der Waals surface area contributed by atoms with Crippen LogP contribution in [0.25, 0.3) is 0 Å². The molecule has 0 bridgehead atoms. The second-order valence-corrected chi connectivity index (χ2v) is 7.81. The Morgan fingerprint density at radius 3 is 2.24 bits per heavy atom. The third-order valence-corrected chi connectivity index (χ3v) is 4.74. The van der Waals surface area contributed by atoms with Crippen molar-refractivity contribution >= 4 is 35.8 Å². The number of halogens is 1. The van der Waals surface area contributed by atoms with Gasteiger partial charge in [-0.15, -0.1) is 24.0 Å². The summed E-state index contributed by atoms with van der Waals surface area (Å²) in [5.41, 5.74) is -0.0236. The van der Waals surface area contributed by atoms with Crippen molar-refractivity contribution in [2.75, 3.05) is 40.4 Å². The molecule has 1 aliphatic carbocycles. The summed E-state index contributed by atoms with van der Waals surface area (Å²) >= 11 is 0. The summed E-state index contributed by atoms with van der Waals surface area (Å²) in [7, 11) is 3.54. The average Bonchev–Trinajstić information content (AvgIpc) is 3.00. The predicted molar refractivity (Wildman–Crippen MR) is 115 cm³/mol. The van der Waals surface area contributed by atoms with Crippen LogP contribution < -0.4 is 16.0 Å². The Morgan fingerprint density at radius 2 is 1.72 bits per heavy atom. The van der Waals surface area contributed by atoms with E-state index in [4.69, 9.17) is 4.74 Å². The number of nitrogens with one attached hydrogen (secondary N) is 3. The van der Waals surface area contributed by atoms with Gasteiger partial charge in [-0.05, 0) is 24.7 Å². The number of amides is 1. The SMILES string of the molecule is CN=C(NCCNC(=O)C(C)(C)C)NCC1(CCOC)CCCC1.I. The van der Waals surface area contributed by atoms with Crippen LogP contribution in [0.2, 0.25) is 0 Å². The zero-order valence-corrected chi connectivity index (χ0v) is 18.9. The smallest absolute Gasteiger partial charge is 0.225 e. The third-order valence-electron chi connectivity index (χ3n) is 4.74. The largest absolute Gasteiger partial charge is 0.385 e. The van der Waals surface area contributed by atoms with Gasteiger partial charge in [0.25, 0.3) is 0 Å². The van der Waals surface area contributed by atoms with Gasteiger partial charge in [0.05, 0.1) is 0 Å². The number of methoxy groups -OCH3 is 1. The molecule has 6 nitrogen and oxygen atoms in total. The minimum atomic E-state index is -0.351. The molecular formula is C18H37IN4O2. The van der Waals surface area contributed by atoms with E-state index in [2.05, 4.69) is 20.9 Å². The normalized spacial score (nSPS) is 16.9. The van der Waals surface area contributed by atoms with E-state index >= 15 is 0 Å². The maximum Gasteiger partial charge on any atom is 0.225 e. The van der Waals surface area contributed by atoms with Crippen molar-refractivity contribution in [3.63, 3.8) is 0 Å². The Morgan fingerprint density at radius 1 is 1.12 bits per heavy atom. The first-order valence-electron chi connectivity index (χ1n) is 9.05. The summed E-state index contributed by atoms with van der Waals surface area (Å²) in [5.74, 6) is 0.862. The molecule has 7 heteroatoms. The highest BCUT2D eigenvalue weighted by atomic mass is 127. The van der Waals surface area contributed by atoms with E-state index in [1.54, 1.807) is 14.2 Å². The third kappa shape index (κ3) is 9.08. The molecular weight excluding hydrogens is 431 g/mol. The van der Waals surface area contributed by atoms with Gasteiger partial charge in [0.2, 0.25) is 5.91 Å². The van der Waals surface area contributed by atoms with Crippen molar-refractivity contribution in [1.29, 1.82) is 0 Å². The van der Waals surface area contributed by atoms with Crippen molar-refractivity contribution in [2.45, 2.75) is 52.9 Å². The lowest BCUT2D eigenvalue weighted by Crippen LogP contribution is -2.46. The molecule has 1 saturated carbocycles. The van der Waals surface area contributed by atoms with Gasteiger partial charge in [-0.3, -0.25) is 9.79 Å². The number of nitrogens with zero attached hydrogens (tertiary/aromatic N) is 1. The van der Waals surface area contributed by atoms with Crippen LogP contribution in [0.4, 0.5) is 0 Å². The lowest BCUT2D eigenvalue weighted by Gasteiger charge is -2.30. The molecule has 0 aromatic heterocycles. The Hall–Kier alpha value is -0.570. The van der Waals surface area contributed by atoms with Crippen molar-refractivity contribution < 1.29 is 9.53 Å². The van der Waals surface area contributed by atoms with E-state index in [9.17, 15) is 4.79 Å².